The van der Waals surface area contributed by atoms with Crippen molar-refractivity contribution in [2.75, 3.05) is 19.8 Å². The zero-order valence-corrected chi connectivity index (χ0v) is 17.0. The molecule has 0 saturated carbocycles. The van der Waals surface area contributed by atoms with Crippen LogP contribution in [0.1, 0.15) is 37.3 Å². The predicted octanol–water partition coefficient (Wildman–Crippen LogP) is 5.64. The predicted molar refractivity (Wildman–Crippen MR) is 112 cm³/mol. The summed E-state index contributed by atoms with van der Waals surface area (Å²) in [6.07, 6.45) is 3.36. The van der Waals surface area contributed by atoms with E-state index in [9.17, 15) is 0 Å². The molecule has 0 bridgehead atoms. The maximum Gasteiger partial charge on any atom is 0.124 e. The monoisotopic (exact) mass is 397 g/mol. The average Bonchev–Trinajstić information content (AvgIpc) is 2.64. The van der Waals surface area contributed by atoms with Crippen molar-refractivity contribution in [3.63, 3.8) is 0 Å². The lowest BCUT2D eigenvalue weighted by atomic mass is 10.2. The average molecular weight is 398 g/mol. The molecule has 26 heavy (non-hydrogen) atoms. The van der Waals surface area contributed by atoms with Crippen LogP contribution in [0.5, 0.6) is 5.75 Å². The zero-order valence-electron chi connectivity index (χ0n) is 15.4. The standard InChI is InChI=1S/C21H28ClNO2.ClH/c1-2-3-14-24-15-6-13-23-16-19-7-4-5-8-21(19)25-17-18-9-11-20(22)12-10-18;/h4-5,7-12,23H,2-3,6,13-17H2,1H3;1H. The second-order valence-electron chi connectivity index (χ2n) is 6.02. The molecule has 2 aromatic rings. The van der Waals surface area contributed by atoms with Crippen molar-refractivity contribution in [3.8, 4) is 5.75 Å². The van der Waals surface area contributed by atoms with E-state index in [-0.39, 0.29) is 12.4 Å². The van der Waals surface area contributed by atoms with E-state index < -0.39 is 0 Å². The first-order valence-corrected chi connectivity index (χ1v) is 9.41. The number of hydrogen-bond donors (Lipinski definition) is 1. The van der Waals surface area contributed by atoms with Gasteiger partial charge in [0, 0.05) is 30.3 Å². The van der Waals surface area contributed by atoms with Gasteiger partial charge in [-0.2, -0.15) is 0 Å². The van der Waals surface area contributed by atoms with Crippen LogP contribution >= 0.6 is 24.0 Å². The van der Waals surface area contributed by atoms with Crippen molar-refractivity contribution in [3.05, 3.63) is 64.7 Å². The Balaban J connectivity index is 0.00000338. The summed E-state index contributed by atoms with van der Waals surface area (Å²) in [5.41, 5.74) is 2.28. The molecule has 0 radical (unpaired) electrons. The van der Waals surface area contributed by atoms with Crippen LogP contribution in [0.2, 0.25) is 5.02 Å². The fraction of sp³-hybridized carbons (Fsp3) is 0.429. The summed E-state index contributed by atoms with van der Waals surface area (Å²) in [7, 11) is 0. The summed E-state index contributed by atoms with van der Waals surface area (Å²) >= 11 is 5.91. The first-order valence-electron chi connectivity index (χ1n) is 9.03. The third-order valence-electron chi connectivity index (χ3n) is 3.88. The maximum absolute atomic E-state index is 5.98. The van der Waals surface area contributed by atoms with E-state index in [0.29, 0.717) is 6.61 Å². The molecule has 5 heteroatoms. The lowest BCUT2D eigenvalue weighted by molar-refractivity contribution is 0.128. The summed E-state index contributed by atoms with van der Waals surface area (Å²) in [4.78, 5) is 0. The first kappa shape index (κ1) is 22.8. The van der Waals surface area contributed by atoms with Gasteiger partial charge in [0.2, 0.25) is 0 Å². The van der Waals surface area contributed by atoms with Crippen LogP contribution < -0.4 is 10.1 Å². The Morgan fingerprint density at radius 2 is 1.69 bits per heavy atom. The summed E-state index contributed by atoms with van der Waals surface area (Å²) < 4.78 is 11.5. The van der Waals surface area contributed by atoms with Gasteiger partial charge in [-0.05, 0) is 43.1 Å². The molecule has 0 heterocycles. The third-order valence-corrected chi connectivity index (χ3v) is 4.13. The van der Waals surface area contributed by atoms with Crippen molar-refractivity contribution >= 4 is 24.0 Å². The zero-order chi connectivity index (χ0) is 17.7. The Morgan fingerprint density at radius 1 is 0.962 bits per heavy atom. The normalized spacial score (nSPS) is 10.4. The van der Waals surface area contributed by atoms with E-state index in [0.717, 1.165) is 55.5 Å². The molecule has 0 fully saturated rings. The Kier molecular flexibility index (Phi) is 12.2. The summed E-state index contributed by atoms with van der Waals surface area (Å²) in [6.45, 7) is 6.15. The smallest absolute Gasteiger partial charge is 0.124 e. The number of halogens is 2. The largest absolute Gasteiger partial charge is 0.489 e. The molecule has 144 valence electrons. The van der Waals surface area contributed by atoms with Gasteiger partial charge >= 0.3 is 0 Å². The molecule has 1 N–H and O–H groups in total. The molecular weight excluding hydrogens is 369 g/mol. The molecule has 2 rings (SSSR count). The summed E-state index contributed by atoms with van der Waals surface area (Å²) in [5.74, 6) is 0.921. The van der Waals surface area contributed by atoms with Crippen LogP contribution in [0, 0.1) is 0 Å². The van der Waals surface area contributed by atoms with E-state index in [1.165, 1.54) is 12.0 Å². The van der Waals surface area contributed by atoms with Gasteiger partial charge in [-0.25, -0.2) is 0 Å². The molecule has 0 atom stereocenters. The molecule has 0 aromatic heterocycles. The first-order chi connectivity index (χ1) is 12.3. The van der Waals surface area contributed by atoms with E-state index in [1.54, 1.807) is 0 Å². The van der Waals surface area contributed by atoms with E-state index in [1.807, 2.05) is 42.5 Å². The number of hydrogen-bond acceptors (Lipinski definition) is 3. The topological polar surface area (TPSA) is 30.5 Å². The van der Waals surface area contributed by atoms with Crippen LogP contribution in [-0.2, 0) is 17.9 Å². The van der Waals surface area contributed by atoms with Gasteiger partial charge in [0.05, 0.1) is 0 Å². The Morgan fingerprint density at radius 3 is 2.46 bits per heavy atom. The lowest BCUT2D eigenvalue weighted by Gasteiger charge is -2.12. The number of rotatable bonds is 12. The second kappa shape index (κ2) is 13.9. The van der Waals surface area contributed by atoms with Crippen LogP contribution in [0.25, 0.3) is 0 Å². The van der Waals surface area contributed by atoms with Crippen LogP contribution in [0.3, 0.4) is 0 Å². The molecule has 0 aliphatic heterocycles. The summed E-state index contributed by atoms with van der Waals surface area (Å²) in [5, 5.41) is 4.20. The van der Waals surface area contributed by atoms with Gasteiger partial charge in [-0.1, -0.05) is 55.3 Å². The molecule has 2 aromatic carbocycles. The van der Waals surface area contributed by atoms with E-state index in [4.69, 9.17) is 21.1 Å². The van der Waals surface area contributed by atoms with Crippen LogP contribution in [0.15, 0.2) is 48.5 Å². The maximum atomic E-state index is 5.98. The number of ether oxygens (including phenoxy) is 2. The van der Waals surface area contributed by atoms with Crippen molar-refractivity contribution < 1.29 is 9.47 Å². The van der Waals surface area contributed by atoms with Gasteiger partial charge in [0.1, 0.15) is 12.4 Å². The number of unbranched alkanes of at least 4 members (excludes halogenated alkanes) is 1. The molecule has 0 spiro atoms. The number of nitrogens with one attached hydrogen (secondary N) is 1. The highest BCUT2D eigenvalue weighted by Gasteiger charge is 2.03. The molecule has 3 nitrogen and oxygen atoms in total. The van der Waals surface area contributed by atoms with Crippen molar-refractivity contribution in [1.82, 2.24) is 5.32 Å². The molecule has 0 aliphatic carbocycles. The number of benzene rings is 2. The molecule has 0 amide bonds. The van der Waals surface area contributed by atoms with Gasteiger partial charge < -0.3 is 14.8 Å². The minimum Gasteiger partial charge on any atom is -0.489 e. The third kappa shape index (κ3) is 8.91. The molecular formula is C21H29Cl2NO2. The molecule has 0 saturated heterocycles. The van der Waals surface area contributed by atoms with Crippen molar-refractivity contribution in [2.24, 2.45) is 0 Å². The Hall–Kier alpha value is -1.26. The van der Waals surface area contributed by atoms with E-state index in [2.05, 4.69) is 18.3 Å². The highest BCUT2D eigenvalue weighted by atomic mass is 35.5. The highest BCUT2D eigenvalue weighted by Crippen LogP contribution is 2.19. The minimum absolute atomic E-state index is 0. The highest BCUT2D eigenvalue weighted by molar-refractivity contribution is 6.30. The minimum atomic E-state index is 0. The van der Waals surface area contributed by atoms with Gasteiger partial charge in [-0.3, -0.25) is 0 Å². The molecule has 0 unspecified atom stereocenters. The van der Waals surface area contributed by atoms with Crippen LogP contribution in [-0.4, -0.2) is 19.8 Å². The fourth-order valence-corrected chi connectivity index (χ4v) is 2.53. The lowest BCUT2D eigenvalue weighted by Crippen LogP contribution is -2.17. The Bertz CT molecular complexity index is 605. The van der Waals surface area contributed by atoms with Gasteiger partial charge in [0.15, 0.2) is 0 Å². The Labute approximate surface area is 168 Å². The van der Waals surface area contributed by atoms with E-state index >= 15 is 0 Å². The van der Waals surface area contributed by atoms with Gasteiger partial charge in [0.25, 0.3) is 0 Å². The van der Waals surface area contributed by atoms with Crippen molar-refractivity contribution in [1.29, 1.82) is 0 Å². The van der Waals surface area contributed by atoms with Crippen LogP contribution in [0.4, 0.5) is 0 Å². The van der Waals surface area contributed by atoms with Gasteiger partial charge in [-0.15, -0.1) is 12.4 Å². The molecule has 0 aliphatic rings. The number of para-hydroxylation sites is 1. The second-order valence-corrected chi connectivity index (χ2v) is 6.46. The SMILES string of the molecule is CCCCOCCCNCc1ccccc1OCc1ccc(Cl)cc1.Cl. The quantitative estimate of drug-likeness (QED) is 0.470. The summed E-state index contributed by atoms with van der Waals surface area (Å²) in [6, 6.07) is 15.9. The van der Waals surface area contributed by atoms with Crippen molar-refractivity contribution in [2.45, 2.75) is 39.3 Å². The fourth-order valence-electron chi connectivity index (χ4n) is 2.40.